The number of hydrogen-bond donors (Lipinski definition) is 0. The lowest BCUT2D eigenvalue weighted by atomic mass is 9.97. The molecule has 7 nitrogen and oxygen atoms in total. The van der Waals surface area contributed by atoms with Crippen LogP contribution in [0.5, 0.6) is 5.75 Å². The van der Waals surface area contributed by atoms with Gasteiger partial charge in [-0.3, -0.25) is 9.36 Å². The predicted molar refractivity (Wildman–Crippen MR) is 104 cm³/mol. The molecular weight excluding hydrogens is 396 g/mol. The molecule has 3 rings (SSSR count). The summed E-state index contributed by atoms with van der Waals surface area (Å²) < 4.78 is 36.8. The number of piperidine rings is 1. The second-order valence-electron chi connectivity index (χ2n) is 7.35. The van der Waals surface area contributed by atoms with Gasteiger partial charge in [-0.15, -0.1) is 0 Å². The number of hydrogen-bond acceptors (Lipinski definition) is 5. The maximum absolute atomic E-state index is 12.8. The van der Waals surface area contributed by atoms with Crippen LogP contribution < -0.4 is 4.74 Å². The Hall–Kier alpha value is -2.97. The molecule has 1 aromatic heterocycles. The zero-order valence-electron chi connectivity index (χ0n) is 17.0. The third kappa shape index (κ3) is 5.14. The van der Waals surface area contributed by atoms with Gasteiger partial charge in [0, 0.05) is 24.5 Å². The fourth-order valence-corrected chi connectivity index (χ4v) is 3.67. The molecule has 1 aliphatic heterocycles. The second-order valence-corrected chi connectivity index (χ2v) is 7.35. The molecule has 0 unspecified atom stereocenters. The van der Waals surface area contributed by atoms with Crippen molar-refractivity contribution in [2.75, 3.05) is 6.61 Å². The number of amides is 1. The highest BCUT2D eigenvalue weighted by Gasteiger charge is 2.29. The van der Waals surface area contributed by atoms with Crippen LogP contribution in [0.15, 0.2) is 36.7 Å². The number of aromatic nitrogens is 2. The maximum atomic E-state index is 12.8. The largest absolute Gasteiger partial charge is 0.484 e. The van der Waals surface area contributed by atoms with Crippen LogP contribution in [0.3, 0.4) is 0 Å². The molecule has 9 heteroatoms. The lowest BCUT2D eigenvalue weighted by Gasteiger charge is -2.38. The van der Waals surface area contributed by atoms with Crippen molar-refractivity contribution in [1.29, 1.82) is 0 Å². The minimum atomic E-state index is -2.75. The van der Waals surface area contributed by atoms with E-state index in [0.29, 0.717) is 10.3 Å². The third-order valence-corrected chi connectivity index (χ3v) is 5.23. The standard InChI is InChI=1S/C21H25F2N3O4/c1-14-4-3-5-15(2)26(14)19(27)13-29-17-8-6-16(7-9-17)20(28)30-12-18-24-10-11-25(18)21(22)23/h6-11,14-15,21H,3-5,12-13H2,1-2H3/t14-,15-/m1/s1. The number of alkyl halides is 2. The van der Waals surface area contributed by atoms with E-state index in [4.69, 9.17) is 9.47 Å². The van der Waals surface area contributed by atoms with Crippen LogP contribution in [-0.2, 0) is 16.1 Å². The van der Waals surface area contributed by atoms with Crippen molar-refractivity contribution in [2.45, 2.75) is 58.3 Å². The first-order valence-electron chi connectivity index (χ1n) is 9.88. The molecule has 0 bridgehead atoms. The number of carbonyl (C=O) groups is 2. The summed E-state index contributed by atoms with van der Waals surface area (Å²) in [5.74, 6) is -0.325. The SMILES string of the molecule is C[C@@H]1CCC[C@@H](C)N1C(=O)COc1ccc(C(=O)OCc2nccn2C(F)F)cc1. The first-order valence-corrected chi connectivity index (χ1v) is 9.88. The number of likely N-dealkylation sites (tertiary alicyclic amines) is 1. The average molecular weight is 421 g/mol. The number of imidazole rings is 1. The number of benzene rings is 1. The Kier molecular flexibility index (Phi) is 7.02. The van der Waals surface area contributed by atoms with Crippen molar-refractivity contribution in [3.8, 4) is 5.75 Å². The summed E-state index contributed by atoms with van der Waals surface area (Å²) in [6.45, 7) is 0.893. The van der Waals surface area contributed by atoms with Crippen LogP contribution in [0.2, 0.25) is 0 Å². The zero-order valence-corrected chi connectivity index (χ0v) is 17.0. The first-order chi connectivity index (χ1) is 14.4. The molecule has 1 fully saturated rings. The first kappa shape index (κ1) is 21.7. The topological polar surface area (TPSA) is 73.7 Å². The molecule has 162 valence electrons. The number of ether oxygens (including phenoxy) is 2. The molecule has 1 saturated heterocycles. The Morgan fingerprint density at radius 3 is 2.47 bits per heavy atom. The van der Waals surface area contributed by atoms with E-state index in [0.717, 1.165) is 25.5 Å². The lowest BCUT2D eigenvalue weighted by molar-refractivity contribution is -0.139. The minimum absolute atomic E-state index is 0.0435. The molecule has 0 saturated carbocycles. The normalized spacial score (nSPS) is 19.0. The van der Waals surface area contributed by atoms with Gasteiger partial charge in [-0.25, -0.2) is 9.78 Å². The number of esters is 1. The number of halogens is 2. The maximum Gasteiger partial charge on any atom is 0.338 e. The van der Waals surface area contributed by atoms with Gasteiger partial charge in [-0.2, -0.15) is 8.78 Å². The van der Waals surface area contributed by atoms with E-state index in [2.05, 4.69) is 4.98 Å². The van der Waals surface area contributed by atoms with Gasteiger partial charge in [-0.1, -0.05) is 0 Å². The van der Waals surface area contributed by atoms with Crippen molar-refractivity contribution in [3.05, 3.63) is 48.0 Å². The molecule has 0 aliphatic carbocycles. The Morgan fingerprint density at radius 1 is 1.17 bits per heavy atom. The molecule has 2 heterocycles. The van der Waals surface area contributed by atoms with Gasteiger partial charge in [0.25, 0.3) is 5.91 Å². The third-order valence-electron chi connectivity index (χ3n) is 5.23. The van der Waals surface area contributed by atoms with Crippen LogP contribution in [0.1, 0.15) is 55.8 Å². The zero-order chi connectivity index (χ0) is 21.7. The van der Waals surface area contributed by atoms with E-state index in [1.54, 1.807) is 12.1 Å². The summed E-state index contributed by atoms with van der Waals surface area (Å²) in [6, 6.07) is 6.51. The van der Waals surface area contributed by atoms with Crippen LogP contribution in [0, 0.1) is 0 Å². The van der Waals surface area contributed by atoms with Crippen molar-refractivity contribution in [3.63, 3.8) is 0 Å². The summed E-state index contributed by atoms with van der Waals surface area (Å²) in [5, 5.41) is 0. The molecule has 0 N–H and O–H groups in total. The van der Waals surface area contributed by atoms with Gasteiger partial charge >= 0.3 is 12.5 Å². The van der Waals surface area contributed by atoms with Gasteiger partial charge < -0.3 is 14.4 Å². The van der Waals surface area contributed by atoms with E-state index < -0.39 is 12.5 Å². The number of nitrogens with zero attached hydrogens (tertiary/aromatic N) is 3. The Morgan fingerprint density at radius 2 is 1.83 bits per heavy atom. The molecule has 0 spiro atoms. The summed E-state index contributed by atoms with van der Waals surface area (Å²) >= 11 is 0. The molecule has 1 aliphatic rings. The van der Waals surface area contributed by atoms with E-state index in [-0.39, 0.29) is 42.6 Å². The summed E-state index contributed by atoms with van der Waals surface area (Å²) in [7, 11) is 0. The van der Waals surface area contributed by atoms with Gasteiger partial charge in [0.1, 0.15) is 12.4 Å². The fourth-order valence-electron chi connectivity index (χ4n) is 3.67. The van der Waals surface area contributed by atoms with Gasteiger partial charge in [0.15, 0.2) is 12.4 Å². The van der Waals surface area contributed by atoms with Crippen molar-refractivity contribution < 1.29 is 27.8 Å². The van der Waals surface area contributed by atoms with Crippen LogP contribution in [-0.4, -0.2) is 45.0 Å². The highest BCUT2D eigenvalue weighted by atomic mass is 19.3. The monoisotopic (exact) mass is 421 g/mol. The fraction of sp³-hybridized carbons (Fsp3) is 0.476. The van der Waals surface area contributed by atoms with Gasteiger partial charge in [0.05, 0.1) is 5.56 Å². The molecule has 30 heavy (non-hydrogen) atoms. The Balaban J connectivity index is 1.51. The minimum Gasteiger partial charge on any atom is -0.484 e. The lowest BCUT2D eigenvalue weighted by Crippen LogP contribution is -2.49. The van der Waals surface area contributed by atoms with E-state index in [1.807, 2.05) is 18.7 Å². The molecule has 2 aromatic rings. The van der Waals surface area contributed by atoms with Crippen LogP contribution in [0.4, 0.5) is 8.78 Å². The highest BCUT2D eigenvalue weighted by molar-refractivity contribution is 5.89. The van der Waals surface area contributed by atoms with E-state index in [1.165, 1.54) is 18.3 Å². The second kappa shape index (κ2) is 9.69. The summed E-state index contributed by atoms with van der Waals surface area (Å²) in [6.07, 6.45) is 5.43. The van der Waals surface area contributed by atoms with Gasteiger partial charge in [0.2, 0.25) is 0 Å². The Bertz CT molecular complexity index is 859. The molecule has 2 atom stereocenters. The summed E-state index contributed by atoms with van der Waals surface area (Å²) in [4.78, 5) is 30.3. The van der Waals surface area contributed by atoms with Crippen molar-refractivity contribution in [1.82, 2.24) is 14.5 Å². The van der Waals surface area contributed by atoms with Crippen LogP contribution in [0.25, 0.3) is 0 Å². The number of rotatable bonds is 7. The smallest absolute Gasteiger partial charge is 0.338 e. The van der Waals surface area contributed by atoms with E-state index >= 15 is 0 Å². The highest BCUT2D eigenvalue weighted by Crippen LogP contribution is 2.23. The summed E-state index contributed by atoms with van der Waals surface area (Å²) in [5.41, 5.74) is 0.238. The predicted octanol–water partition coefficient (Wildman–Crippen LogP) is 3.80. The van der Waals surface area contributed by atoms with E-state index in [9.17, 15) is 18.4 Å². The number of carbonyl (C=O) groups excluding carboxylic acids is 2. The quantitative estimate of drug-likeness (QED) is 0.636. The molecule has 1 aromatic carbocycles. The van der Waals surface area contributed by atoms with Crippen molar-refractivity contribution >= 4 is 11.9 Å². The molecule has 0 radical (unpaired) electrons. The molecular formula is C21H25F2N3O4. The van der Waals surface area contributed by atoms with Gasteiger partial charge in [-0.05, 0) is 57.4 Å². The van der Waals surface area contributed by atoms with Crippen molar-refractivity contribution in [2.24, 2.45) is 0 Å². The van der Waals surface area contributed by atoms with Crippen LogP contribution >= 0.6 is 0 Å². The molecule has 1 amide bonds. The Labute approximate surface area is 173 Å². The average Bonchev–Trinajstić information content (AvgIpc) is 3.20.